The lowest BCUT2D eigenvalue weighted by Crippen LogP contribution is -2.55. The van der Waals surface area contributed by atoms with Crippen LogP contribution in [-0.4, -0.2) is 64.2 Å². The van der Waals surface area contributed by atoms with Gasteiger partial charge in [-0.1, -0.05) is 127 Å². The third kappa shape index (κ3) is 16.4. The number of ether oxygens (including phenoxy) is 2. The summed E-state index contributed by atoms with van der Waals surface area (Å²) in [5.74, 6) is -1.87. The van der Waals surface area contributed by atoms with Gasteiger partial charge in [-0.15, -0.1) is 0 Å². The van der Waals surface area contributed by atoms with E-state index in [-0.39, 0.29) is 38.3 Å². The Hall–Kier alpha value is -3.04. The zero-order chi connectivity index (χ0) is 35.4. The van der Waals surface area contributed by atoms with E-state index in [2.05, 4.69) is 12.2 Å². The molecule has 0 aromatic heterocycles. The summed E-state index contributed by atoms with van der Waals surface area (Å²) in [5, 5.41) is 2.74. The fourth-order valence-electron chi connectivity index (χ4n) is 5.62. The highest BCUT2D eigenvalue weighted by atomic mass is 31.2. The molecular formula is C37H57N2O8P. The fourth-order valence-corrected chi connectivity index (χ4v) is 6.40. The van der Waals surface area contributed by atoms with Crippen LogP contribution in [0.2, 0.25) is 0 Å². The van der Waals surface area contributed by atoms with Crippen molar-refractivity contribution in [3.05, 3.63) is 60.2 Å². The molecule has 0 radical (unpaired) electrons. The van der Waals surface area contributed by atoms with Crippen LogP contribution < -0.4 is 5.32 Å². The largest absolute Gasteiger partial charge is 0.466 e. The second-order valence-corrected chi connectivity index (χ2v) is 14.3. The molecule has 0 heterocycles. The highest BCUT2D eigenvalue weighted by Gasteiger charge is 2.39. The Balaban J connectivity index is 2.25. The molecule has 0 saturated heterocycles. The number of hydrogen-bond donors (Lipinski definition) is 3. The summed E-state index contributed by atoms with van der Waals surface area (Å²) < 4.78 is 23.4. The summed E-state index contributed by atoms with van der Waals surface area (Å²) in [6.45, 7) is 7.66. The Morgan fingerprint density at radius 1 is 0.792 bits per heavy atom. The number of amides is 1. The molecule has 0 saturated carbocycles. The number of rotatable bonds is 24. The predicted molar refractivity (Wildman–Crippen MR) is 189 cm³/mol. The molecule has 0 spiro atoms. The van der Waals surface area contributed by atoms with Crippen molar-refractivity contribution in [3.63, 3.8) is 0 Å². The van der Waals surface area contributed by atoms with Gasteiger partial charge in [0.15, 0.2) is 6.23 Å². The maximum absolute atomic E-state index is 13.8. The number of carbonyl (C=O) groups excluding carboxylic acids is 3. The second-order valence-electron chi connectivity index (χ2n) is 12.7. The van der Waals surface area contributed by atoms with E-state index in [4.69, 9.17) is 9.47 Å². The summed E-state index contributed by atoms with van der Waals surface area (Å²) in [6.07, 6.45) is 8.21. The van der Waals surface area contributed by atoms with Gasteiger partial charge >= 0.3 is 19.5 Å². The van der Waals surface area contributed by atoms with Gasteiger partial charge in [0.1, 0.15) is 6.29 Å². The summed E-state index contributed by atoms with van der Waals surface area (Å²) in [7, 11) is -4.72. The summed E-state index contributed by atoms with van der Waals surface area (Å²) in [4.78, 5) is 60.4. The lowest BCUT2D eigenvalue weighted by atomic mass is 9.99. The molecule has 0 aliphatic rings. The molecule has 2 aromatic carbocycles. The smallest absolute Gasteiger partial charge is 0.339 e. The minimum Gasteiger partial charge on any atom is -0.466 e. The van der Waals surface area contributed by atoms with Crippen molar-refractivity contribution in [2.45, 2.75) is 117 Å². The molecule has 11 heteroatoms. The van der Waals surface area contributed by atoms with Crippen molar-refractivity contribution in [3.8, 4) is 11.1 Å². The van der Waals surface area contributed by atoms with Crippen molar-refractivity contribution in [1.29, 1.82) is 0 Å². The fraction of sp³-hybridized carbons (Fsp3) is 0.595. The van der Waals surface area contributed by atoms with E-state index in [0.29, 0.717) is 6.42 Å². The van der Waals surface area contributed by atoms with E-state index in [1.165, 1.54) is 37.0 Å². The normalized spacial score (nSPS) is 12.9. The van der Waals surface area contributed by atoms with Crippen LogP contribution in [0.3, 0.4) is 0 Å². The van der Waals surface area contributed by atoms with Crippen LogP contribution in [0.4, 0.5) is 0 Å². The minimum atomic E-state index is -4.72. The minimum absolute atomic E-state index is 0.0183. The number of nitrogens with zero attached hydrogens (tertiary/aromatic N) is 1. The first-order chi connectivity index (χ1) is 22.9. The molecular weight excluding hydrogens is 631 g/mol. The van der Waals surface area contributed by atoms with Crippen LogP contribution >= 0.6 is 7.60 Å². The molecule has 2 aromatic rings. The Kier molecular flexibility index (Phi) is 19.3. The Labute approximate surface area is 287 Å². The van der Waals surface area contributed by atoms with Gasteiger partial charge in [-0.2, -0.15) is 0 Å². The number of unbranched alkanes of at least 4 members (excludes halogenated alkanes) is 8. The van der Waals surface area contributed by atoms with E-state index >= 15 is 0 Å². The van der Waals surface area contributed by atoms with Crippen LogP contribution in [0, 0.1) is 5.92 Å². The molecule has 1 amide bonds. The average Bonchev–Trinajstić information content (AvgIpc) is 3.04. The highest BCUT2D eigenvalue weighted by Crippen LogP contribution is 2.38. The Bertz CT molecular complexity index is 1270. The van der Waals surface area contributed by atoms with E-state index < -0.39 is 44.0 Å². The zero-order valence-corrected chi connectivity index (χ0v) is 30.2. The molecule has 0 bridgehead atoms. The number of benzene rings is 2. The molecule has 2 rings (SSSR count). The predicted octanol–water partition coefficient (Wildman–Crippen LogP) is 7.22. The zero-order valence-electron chi connectivity index (χ0n) is 29.3. The van der Waals surface area contributed by atoms with Crippen LogP contribution in [0.1, 0.15) is 104 Å². The van der Waals surface area contributed by atoms with Crippen molar-refractivity contribution in [2.75, 3.05) is 19.4 Å². The maximum atomic E-state index is 13.8. The van der Waals surface area contributed by atoms with E-state index in [1.54, 1.807) is 20.8 Å². The maximum Gasteiger partial charge on any atom is 0.339 e. The molecule has 0 fully saturated rings. The first-order valence-electron chi connectivity index (χ1n) is 17.5. The van der Waals surface area contributed by atoms with Gasteiger partial charge < -0.3 is 24.6 Å². The van der Waals surface area contributed by atoms with E-state index in [1.807, 2.05) is 54.6 Å². The monoisotopic (exact) mass is 688 g/mol. The standard InChI is InChI=1S/C37H57N2O8P/c1-5-7-8-9-10-11-12-13-17-20-35(41)47-37(29(3)4)39(28-48(43,44)45)33(36(42)38-26-25-34(40)46-6-2)27-30-21-23-32(24-22-30)31-18-15-14-16-19-31/h14-16,18-19,21-24,29,33,37H,5-13,17,20,25-28H2,1-4H3,(H,38,42)(H2,43,44,45)/t33-,37?/m0/s1. The molecule has 48 heavy (non-hydrogen) atoms. The third-order valence-electron chi connectivity index (χ3n) is 8.11. The van der Waals surface area contributed by atoms with Gasteiger partial charge in [0.05, 0.1) is 19.1 Å². The first kappa shape index (κ1) is 41.1. The lowest BCUT2D eigenvalue weighted by molar-refractivity contribution is -0.169. The van der Waals surface area contributed by atoms with Gasteiger partial charge in [-0.25, -0.2) is 4.90 Å². The van der Waals surface area contributed by atoms with Crippen molar-refractivity contribution in [2.24, 2.45) is 5.92 Å². The summed E-state index contributed by atoms with van der Waals surface area (Å²) in [5.41, 5.74) is 2.76. The number of carbonyl (C=O) groups is 3. The highest BCUT2D eigenvalue weighted by molar-refractivity contribution is 7.51. The average molecular weight is 689 g/mol. The quantitative estimate of drug-likeness (QED) is 0.0451. The van der Waals surface area contributed by atoms with Crippen LogP contribution in [0.25, 0.3) is 11.1 Å². The van der Waals surface area contributed by atoms with Gasteiger partial charge in [0.2, 0.25) is 5.91 Å². The molecule has 268 valence electrons. The Morgan fingerprint density at radius 2 is 1.38 bits per heavy atom. The molecule has 2 atom stereocenters. The van der Waals surface area contributed by atoms with Gasteiger partial charge in [0.25, 0.3) is 0 Å². The lowest BCUT2D eigenvalue weighted by Gasteiger charge is -2.38. The second kappa shape index (κ2) is 22.6. The van der Waals surface area contributed by atoms with Gasteiger partial charge in [-0.3, -0.25) is 18.9 Å². The third-order valence-corrected chi connectivity index (χ3v) is 8.80. The van der Waals surface area contributed by atoms with Crippen LogP contribution in [-0.2, 0) is 34.8 Å². The van der Waals surface area contributed by atoms with Crippen LogP contribution in [0.5, 0.6) is 0 Å². The van der Waals surface area contributed by atoms with E-state index in [0.717, 1.165) is 36.0 Å². The van der Waals surface area contributed by atoms with Gasteiger partial charge in [0, 0.05) is 18.9 Å². The van der Waals surface area contributed by atoms with Crippen molar-refractivity contribution in [1.82, 2.24) is 10.2 Å². The van der Waals surface area contributed by atoms with Crippen molar-refractivity contribution >= 4 is 25.4 Å². The molecule has 0 aliphatic heterocycles. The number of hydrogen-bond acceptors (Lipinski definition) is 7. The van der Waals surface area contributed by atoms with Crippen molar-refractivity contribution < 1.29 is 38.2 Å². The van der Waals surface area contributed by atoms with Crippen LogP contribution in [0.15, 0.2) is 54.6 Å². The number of nitrogens with one attached hydrogen (secondary N) is 1. The first-order valence-corrected chi connectivity index (χ1v) is 19.3. The molecule has 10 nitrogen and oxygen atoms in total. The Morgan fingerprint density at radius 3 is 1.94 bits per heavy atom. The van der Waals surface area contributed by atoms with E-state index in [9.17, 15) is 28.7 Å². The SMILES string of the molecule is CCCCCCCCCCCC(=O)OC(C(C)C)N(CP(=O)(O)O)[C@@H](Cc1ccc(-c2ccccc2)cc1)C(=O)NCCC(=O)OCC. The molecule has 0 aliphatic carbocycles. The number of esters is 2. The molecule has 1 unspecified atom stereocenters. The topological polar surface area (TPSA) is 142 Å². The van der Waals surface area contributed by atoms with Gasteiger partial charge in [-0.05, 0) is 36.5 Å². The summed E-state index contributed by atoms with van der Waals surface area (Å²) >= 11 is 0. The summed E-state index contributed by atoms with van der Waals surface area (Å²) in [6, 6.07) is 16.3. The molecule has 3 N–H and O–H groups in total.